The van der Waals surface area contributed by atoms with E-state index in [4.69, 9.17) is 4.74 Å². The highest BCUT2D eigenvalue weighted by Gasteiger charge is 2.14. The van der Waals surface area contributed by atoms with E-state index in [1.54, 1.807) is 18.4 Å². The van der Waals surface area contributed by atoms with Gasteiger partial charge in [0.05, 0.1) is 13.2 Å². The van der Waals surface area contributed by atoms with E-state index in [9.17, 15) is 0 Å². The minimum absolute atomic E-state index is 0.326. The molecule has 1 atom stereocenters. The van der Waals surface area contributed by atoms with Crippen molar-refractivity contribution in [3.63, 3.8) is 0 Å². The van der Waals surface area contributed by atoms with Crippen LogP contribution in [0.5, 0.6) is 5.75 Å². The zero-order chi connectivity index (χ0) is 15.1. The number of benzene rings is 1. The summed E-state index contributed by atoms with van der Waals surface area (Å²) in [6.45, 7) is 5.37. The van der Waals surface area contributed by atoms with Crippen molar-refractivity contribution in [1.29, 1.82) is 0 Å². The fraction of sp³-hybridized carbons (Fsp3) is 0.500. The van der Waals surface area contributed by atoms with Gasteiger partial charge in [0.1, 0.15) is 15.8 Å². The molecule has 21 heavy (non-hydrogen) atoms. The maximum absolute atomic E-state index is 5.17. The van der Waals surface area contributed by atoms with Gasteiger partial charge >= 0.3 is 0 Å². The van der Waals surface area contributed by atoms with E-state index in [0.29, 0.717) is 6.04 Å². The van der Waals surface area contributed by atoms with Crippen LogP contribution in [0.25, 0.3) is 0 Å². The minimum Gasteiger partial charge on any atom is -0.497 e. The molecule has 0 radical (unpaired) electrons. The van der Waals surface area contributed by atoms with Crippen LogP contribution >= 0.6 is 11.3 Å². The number of hydrogen-bond acceptors (Lipinski definition) is 5. The molecule has 1 heterocycles. The van der Waals surface area contributed by atoms with Crippen LogP contribution < -0.4 is 10.1 Å². The summed E-state index contributed by atoms with van der Waals surface area (Å²) in [7, 11) is 1.68. The maximum Gasteiger partial charge on any atom is 0.134 e. The summed E-state index contributed by atoms with van der Waals surface area (Å²) in [6.07, 6.45) is 3.00. The highest BCUT2D eigenvalue weighted by Crippen LogP contribution is 2.23. The molecule has 0 bridgehead atoms. The monoisotopic (exact) mass is 305 g/mol. The molecular weight excluding hydrogens is 282 g/mol. The van der Waals surface area contributed by atoms with Crippen molar-refractivity contribution in [3.8, 4) is 5.75 Å². The van der Waals surface area contributed by atoms with Crippen LogP contribution in [0.4, 0.5) is 0 Å². The standard InChI is InChI=1S/C16H23N3OS/c1-4-10-17-14(5-2)16-19-18-15(21-16)11-12-6-8-13(20-3)9-7-12/h6-9,14,17H,4-5,10-11H2,1-3H3. The second-order valence-corrected chi connectivity index (χ2v) is 6.07. The molecule has 0 aliphatic carbocycles. The molecule has 1 unspecified atom stereocenters. The number of hydrogen-bond donors (Lipinski definition) is 1. The smallest absolute Gasteiger partial charge is 0.134 e. The Balaban J connectivity index is 2.01. The van der Waals surface area contributed by atoms with Gasteiger partial charge in [0.25, 0.3) is 0 Å². The van der Waals surface area contributed by atoms with Crippen LogP contribution in [0, 0.1) is 0 Å². The number of ether oxygens (including phenoxy) is 1. The topological polar surface area (TPSA) is 47.0 Å². The zero-order valence-electron chi connectivity index (χ0n) is 12.9. The van der Waals surface area contributed by atoms with Crippen LogP contribution in [-0.2, 0) is 6.42 Å². The van der Waals surface area contributed by atoms with E-state index in [1.165, 1.54) is 5.56 Å². The highest BCUT2D eigenvalue weighted by atomic mass is 32.1. The Kier molecular flexibility index (Phi) is 6.14. The molecule has 4 nitrogen and oxygen atoms in total. The molecule has 0 aliphatic heterocycles. The molecule has 0 aliphatic rings. The molecule has 1 aromatic heterocycles. The lowest BCUT2D eigenvalue weighted by atomic mass is 10.1. The van der Waals surface area contributed by atoms with Crippen molar-refractivity contribution >= 4 is 11.3 Å². The summed E-state index contributed by atoms with van der Waals surface area (Å²) >= 11 is 1.70. The first-order valence-electron chi connectivity index (χ1n) is 7.45. The van der Waals surface area contributed by atoms with Gasteiger partial charge in [-0.05, 0) is 37.1 Å². The average molecular weight is 305 g/mol. The summed E-state index contributed by atoms with van der Waals surface area (Å²) in [5, 5.41) is 14.4. The van der Waals surface area contributed by atoms with Crippen LogP contribution in [0.15, 0.2) is 24.3 Å². The molecule has 0 fully saturated rings. The number of methoxy groups -OCH3 is 1. The normalized spacial score (nSPS) is 12.3. The van der Waals surface area contributed by atoms with Crippen molar-refractivity contribution < 1.29 is 4.74 Å². The Morgan fingerprint density at radius 3 is 2.57 bits per heavy atom. The third-order valence-electron chi connectivity index (χ3n) is 3.34. The fourth-order valence-electron chi connectivity index (χ4n) is 2.12. The summed E-state index contributed by atoms with van der Waals surface area (Å²) in [5.41, 5.74) is 1.23. The third kappa shape index (κ3) is 4.51. The number of nitrogens with zero attached hydrogens (tertiary/aromatic N) is 2. The van der Waals surface area contributed by atoms with E-state index in [-0.39, 0.29) is 0 Å². The number of aromatic nitrogens is 2. The van der Waals surface area contributed by atoms with Gasteiger partial charge in [-0.15, -0.1) is 10.2 Å². The van der Waals surface area contributed by atoms with Crippen molar-refractivity contribution in [3.05, 3.63) is 39.8 Å². The Bertz CT molecular complexity index is 539. The average Bonchev–Trinajstić information content (AvgIpc) is 2.97. The second-order valence-electron chi connectivity index (χ2n) is 4.97. The summed E-state index contributed by atoms with van der Waals surface area (Å²) in [6, 6.07) is 8.44. The SMILES string of the molecule is CCCNC(CC)c1nnc(Cc2ccc(OC)cc2)s1. The molecular formula is C16H23N3OS. The van der Waals surface area contributed by atoms with Gasteiger partial charge in [0, 0.05) is 6.42 Å². The lowest BCUT2D eigenvalue weighted by Gasteiger charge is -2.12. The van der Waals surface area contributed by atoms with Crippen molar-refractivity contribution in [1.82, 2.24) is 15.5 Å². The van der Waals surface area contributed by atoms with Gasteiger partial charge in [-0.3, -0.25) is 0 Å². The van der Waals surface area contributed by atoms with E-state index in [0.717, 1.165) is 41.6 Å². The molecule has 0 spiro atoms. The Morgan fingerprint density at radius 1 is 1.19 bits per heavy atom. The summed E-state index contributed by atoms with van der Waals surface area (Å²) < 4.78 is 5.17. The first kappa shape index (κ1) is 15.9. The minimum atomic E-state index is 0.326. The maximum atomic E-state index is 5.17. The van der Waals surface area contributed by atoms with Crippen LogP contribution in [0.2, 0.25) is 0 Å². The first-order valence-corrected chi connectivity index (χ1v) is 8.27. The third-order valence-corrected chi connectivity index (χ3v) is 4.38. The predicted octanol–water partition coefficient (Wildman–Crippen LogP) is 3.59. The second kappa shape index (κ2) is 8.10. The molecule has 1 aromatic carbocycles. The Labute approximate surface area is 130 Å². The molecule has 2 rings (SSSR count). The molecule has 1 N–H and O–H groups in total. The van der Waals surface area contributed by atoms with Crippen molar-refractivity contribution in [2.45, 2.75) is 39.2 Å². The lowest BCUT2D eigenvalue weighted by Crippen LogP contribution is -2.21. The van der Waals surface area contributed by atoms with Gasteiger partial charge in [-0.25, -0.2) is 0 Å². The van der Waals surface area contributed by atoms with Crippen LogP contribution in [-0.4, -0.2) is 23.9 Å². The summed E-state index contributed by atoms with van der Waals surface area (Å²) in [4.78, 5) is 0. The van der Waals surface area contributed by atoms with Gasteiger partial charge in [0.2, 0.25) is 0 Å². The molecule has 5 heteroatoms. The highest BCUT2D eigenvalue weighted by molar-refractivity contribution is 7.11. The number of nitrogens with one attached hydrogen (secondary N) is 1. The van der Waals surface area contributed by atoms with Crippen LogP contribution in [0.1, 0.15) is 48.3 Å². The van der Waals surface area contributed by atoms with Crippen LogP contribution in [0.3, 0.4) is 0 Å². The largest absolute Gasteiger partial charge is 0.497 e. The van der Waals surface area contributed by atoms with Gasteiger partial charge in [0.15, 0.2) is 0 Å². The fourth-order valence-corrected chi connectivity index (χ4v) is 3.16. The van der Waals surface area contributed by atoms with E-state index in [1.807, 2.05) is 12.1 Å². The van der Waals surface area contributed by atoms with Crippen molar-refractivity contribution in [2.24, 2.45) is 0 Å². The quantitative estimate of drug-likeness (QED) is 0.809. The predicted molar refractivity (Wildman–Crippen MR) is 87.0 cm³/mol. The van der Waals surface area contributed by atoms with Gasteiger partial charge < -0.3 is 10.1 Å². The molecule has 0 saturated carbocycles. The van der Waals surface area contributed by atoms with Crippen molar-refractivity contribution in [2.75, 3.05) is 13.7 Å². The first-order chi connectivity index (χ1) is 10.3. The summed E-state index contributed by atoms with van der Waals surface area (Å²) in [5.74, 6) is 0.881. The van der Waals surface area contributed by atoms with Gasteiger partial charge in [-0.1, -0.05) is 37.3 Å². The molecule has 0 amide bonds. The molecule has 2 aromatic rings. The van der Waals surface area contributed by atoms with E-state index in [2.05, 4.69) is 41.5 Å². The molecule has 114 valence electrons. The zero-order valence-corrected chi connectivity index (χ0v) is 13.7. The lowest BCUT2D eigenvalue weighted by molar-refractivity contribution is 0.414. The van der Waals surface area contributed by atoms with Gasteiger partial charge in [-0.2, -0.15) is 0 Å². The van der Waals surface area contributed by atoms with E-state index >= 15 is 0 Å². The Morgan fingerprint density at radius 2 is 1.95 bits per heavy atom. The number of rotatable bonds is 8. The Hall–Kier alpha value is -1.46. The molecule has 0 saturated heterocycles. The van der Waals surface area contributed by atoms with E-state index < -0.39 is 0 Å².